The van der Waals surface area contributed by atoms with Gasteiger partial charge in [0.25, 0.3) is 11.9 Å². The van der Waals surface area contributed by atoms with E-state index in [9.17, 15) is 14.9 Å². The quantitative estimate of drug-likeness (QED) is 0.507. The van der Waals surface area contributed by atoms with Crippen molar-refractivity contribution >= 4 is 27.5 Å². The lowest BCUT2D eigenvalue weighted by Gasteiger charge is -2.26. The van der Waals surface area contributed by atoms with Crippen LogP contribution in [-0.2, 0) is 10.3 Å². The van der Waals surface area contributed by atoms with Gasteiger partial charge in [-0.2, -0.15) is 0 Å². The van der Waals surface area contributed by atoms with Gasteiger partial charge in [-0.3, -0.25) is 20.2 Å². The van der Waals surface area contributed by atoms with Crippen molar-refractivity contribution in [2.45, 2.75) is 37.4 Å². The molecule has 8 nitrogen and oxygen atoms in total. The molecule has 1 fully saturated rings. The fraction of sp³-hybridized carbons (Fsp3) is 0.381. The van der Waals surface area contributed by atoms with E-state index in [1.165, 1.54) is 7.11 Å². The number of nitrogens with one attached hydrogen (secondary N) is 2. The van der Waals surface area contributed by atoms with E-state index in [4.69, 9.17) is 9.47 Å². The zero-order valence-electron chi connectivity index (χ0n) is 16.8. The van der Waals surface area contributed by atoms with Crippen LogP contribution in [0.1, 0.15) is 30.9 Å². The van der Waals surface area contributed by atoms with Crippen LogP contribution in [0.5, 0.6) is 11.5 Å². The standard InChI is InChI=1S/C21H22BrN3O5/c1-4-30-17-10-14(22)12(9-16(17)29-3)18-11(2)24-21(19(18)25(27)28)13-7-5-6-8-15(13)23-20(21)26/h5-11,18-19,24H,4H2,1-3H3,(H,23,26)/t11-,18-,19-,21+/m0/s1. The second-order valence-electron chi connectivity index (χ2n) is 7.45. The minimum absolute atomic E-state index is 0.349. The van der Waals surface area contributed by atoms with Crippen LogP contribution in [0.15, 0.2) is 40.9 Å². The Morgan fingerprint density at radius 1 is 1.27 bits per heavy atom. The number of para-hydroxylation sites is 1. The molecule has 2 aliphatic heterocycles. The van der Waals surface area contributed by atoms with Crippen LogP contribution in [-0.4, -0.2) is 36.6 Å². The van der Waals surface area contributed by atoms with Gasteiger partial charge in [0.1, 0.15) is 0 Å². The second-order valence-corrected chi connectivity index (χ2v) is 8.31. The monoisotopic (exact) mass is 475 g/mol. The molecule has 2 heterocycles. The van der Waals surface area contributed by atoms with Crippen molar-refractivity contribution in [1.29, 1.82) is 0 Å². The highest BCUT2D eigenvalue weighted by atomic mass is 79.9. The van der Waals surface area contributed by atoms with Crippen LogP contribution < -0.4 is 20.1 Å². The fourth-order valence-electron chi connectivity index (χ4n) is 4.76. The van der Waals surface area contributed by atoms with Gasteiger partial charge in [-0.25, -0.2) is 0 Å². The first kappa shape index (κ1) is 20.6. The summed E-state index contributed by atoms with van der Waals surface area (Å²) >= 11 is 3.55. The average Bonchev–Trinajstić information content (AvgIpc) is 3.17. The van der Waals surface area contributed by atoms with E-state index in [0.717, 1.165) is 0 Å². The second kappa shape index (κ2) is 7.55. The maximum atomic E-state index is 13.1. The molecule has 1 amide bonds. The Morgan fingerprint density at radius 2 is 2.00 bits per heavy atom. The van der Waals surface area contributed by atoms with Crippen molar-refractivity contribution in [3.8, 4) is 11.5 Å². The summed E-state index contributed by atoms with van der Waals surface area (Å²) in [6.07, 6.45) is 0. The fourth-order valence-corrected chi connectivity index (χ4v) is 5.34. The number of methoxy groups -OCH3 is 1. The predicted octanol–water partition coefficient (Wildman–Crippen LogP) is 3.42. The Kier molecular flexibility index (Phi) is 5.19. The number of carbonyl (C=O) groups is 1. The summed E-state index contributed by atoms with van der Waals surface area (Å²) in [5.74, 6) is 0.0387. The van der Waals surface area contributed by atoms with Crippen molar-refractivity contribution in [1.82, 2.24) is 5.32 Å². The Morgan fingerprint density at radius 3 is 2.67 bits per heavy atom. The zero-order chi connectivity index (χ0) is 21.6. The maximum Gasteiger partial charge on any atom is 0.256 e. The Balaban J connectivity index is 1.89. The summed E-state index contributed by atoms with van der Waals surface area (Å²) < 4.78 is 11.7. The van der Waals surface area contributed by atoms with Crippen LogP contribution in [0, 0.1) is 10.1 Å². The number of carbonyl (C=O) groups excluding carboxylic acids is 1. The molecule has 2 aromatic carbocycles. The molecule has 1 spiro atoms. The zero-order valence-corrected chi connectivity index (χ0v) is 18.4. The van der Waals surface area contributed by atoms with E-state index in [2.05, 4.69) is 26.6 Å². The van der Waals surface area contributed by atoms with Crippen LogP contribution in [0.4, 0.5) is 5.69 Å². The number of nitrogens with zero attached hydrogens (tertiary/aromatic N) is 1. The third-order valence-electron chi connectivity index (χ3n) is 5.91. The molecule has 30 heavy (non-hydrogen) atoms. The van der Waals surface area contributed by atoms with Crippen molar-refractivity contribution in [2.75, 3.05) is 19.0 Å². The normalized spacial score (nSPS) is 27.1. The average molecular weight is 476 g/mol. The van der Waals surface area contributed by atoms with Crippen LogP contribution in [0.2, 0.25) is 0 Å². The lowest BCUT2D eigenvalue weighted by Crippen LogP contribution is -2.54. The number of hydrogen-bond donors (Lipinski definition) is 2. The van der Waals surface area contributed by atoms with E-state index >= 15 is 0 Å². The van der Waals surface area contributed by atoms with Gasteiger partial charge in [0.2, 0.25) is 0 Å². The molecule has 4 rings (SSSR count). The van der Waals surface area contributed by atoms with E-state index in [1.54, 1.807) is 36.4 Å². The number of halogens is 1. The van der Waals surface area contributed by atoms with Gasteiger partial charge in [-0.05, 0) is 37.6 Å². The molecule has 0 radical (unpaired) electrons. The van der Waals surface area contributed by atoms with E-state index in [1.807, 2.05) is 13.8 Å². The van der Waals surface area contributed by atoms with Gasteiger partial charge >= 0.3 is 0 Å². The number of nitro groups is 1. The molecule has 0 aromatic heterocycles. The summed E-state index contributed by atoms with van der Waals surface area (Å²) in [4.78, 5) is 25.2. The van der Waals surface area contributed by atoms with E-state index in [0.29, 0.717) is 39.4 Å². The van der Waals surface area contributed by atoms with Gasteiger partial charge in [-0.1, -0.05) is 34.1 Å². The van der Waals surface area contributed by atoms with Crippen molar-refractivity contribution < 1.29 is 19.2 Å². The highest BCUT2D eigenvalue weighted by molar-refractivity contribution is 9.10. The third-order valence-corrected chi connectivity index (χ3v) is 6.59. The van der Waals surface area contributed by atoms with Gasteiger partial charge < -0.3 is 14.8 Å². The minimum Gasteiger partial charge on any atom is -0.493 e. The number of hydrogen-bond acceptors (Lipinski definition) is 6. The molecule has 0 unspecified atom stereocenters. The molecule has 0 saturated carbocycles. The van der Waals surface area contributed by atoms with Crippen molar-refractivity contribution in [3.05, 3.63) is 62.1 Å². The number of anilines is 1. The summed E-state index contributed by atoms with van der Waals surface area (Å²) in [6.45, 7) is 4.19. The smallest absolute Gasteiger partial charge is 0.256 e. The van der Waals surface area contributed by atoms with Gasteiger partial charge in [0.15, 0.2) is 17.0 Å². The van der Waals surface area contributed by atoms with E-state index in [-0.39, 0.29) is 11.0 Å². The molecule has 9 heteroatoms. The summed E-state index contributed by atoms with van der Waals surface area (Å²) in [6, 6.07) is 9.05. The molecule has 0 aliphatic carbocycles. The maximum absolute atomic E-state index is 13.1. The van der Waals surface area contributed by atoms with Crippen molar-refractivity contribution in [3.63, 3.8) is 0 Å². The minimum atomic E-state index is -1.45. The number of rotatable bonds is 5. The molecule has 158 valence electrons. The molecule has 0 bridgehead atoms. The van der Waals surface area contributed by atoms with Crippen LogP contribution >= 0.6 is 15.9 Å². The van der Waals surface area contributed by atoms with Gasteiger partial charge in [0.05, 0.1) is 19.6 Å². The molecule has 1 saturated heterocycles. The number of amides is 1. The first-order valence-corrected chi connectivity index (χ1v) is 10.5. The highest BCUT2D eigenvalue weighted by Gasteiger charge is 2.67. The summed E-state index contributed by atoms with van der Waals surface area (Å²) in [7, 11) is 1.53. The predicted molar refractivity (Wildman–Crippen MR) is 115 cm³/mol. The summed E-state index contributed by atoms with van der Waals surface area (Å²) in [5, 5.41) is 18.5. The number of benzene rings is 2. The largest absolute Gasteiger partial charge is 0.493 e. The Labute approximate surface area is 182 Å². The van der Waals surface area contributed by atoms with Crippen LogP contribution in [0.25, 0.3) is 0 Å². The SMILES string of the molecule is CCOc1cc(Br)c([C@@H]2[C@H](C)N[C@@]3(C(=O)Nc4ccccc43)[C@H]2[N+](=O)[O-])cc1OC. The third kappa shape index (κ3) is 2.87. The lowest BCUT2D eigenvalue weighted by molar-refractivity contribution is -0.532. The molecule has 2 aromatic rings. The molecule has 4 atom stereocenters. The molecule has 2 aliphatic rings. The molecular formula is C21H22BrN3O5. The first-order chi connectivity index (χ1) is 14.3. The highest BCUT2D eigenvalue weighted by Crippen LogP contribution is 2.51. The topological polar surface area (TPSA) is 103 Å². The van der Waals surface area contributed by atoms with E-state index < -0.39 is 23.4 Å². The Bertz CT molecular complexity index is 1030. The first-order valence-electron chi connectivity index (χ1n) is 9.67. The molecule has 2 N–H and O–H groups in total. The Hall–Kier alpha value is -2.65. The lowest BCUT2D eigenvalue weighted by atomic mass is 9.78. The number of ether oxygens (including phenoxy) is 2. The van der Waals surface area contributed by atoms with Crippen LogP contribution in [0.3, 0.4) is 0 Å². The summed E-state index contributed by atoms with van der Waals surface area (Å²) in [5.41, 5.74) is 0.430. The van der Waals surface area contributed by atoms with Gasteiger partial charge in [-0.15, -0.1) is 0 Å². The number of fused-ring (bicyclic) bond motifs is 2. The van der Waals surface area contributed by atoms with Crippen molar-refractivity contribution in [2.24, 2.45) is 0 Å². The van der Waals surface area contributed by atoms with Gasteiger partial charge in [0, 0.05) is 26.7 Å². The molecular weight excluding hydrogens is 454 g/mol.